The molecule has 0 aliphatic heterocycles. The Kier molecular flexibility index (Phi) is 4.63. The molecule has 0 fully saturated rings. The zero-order chi connectivity index (χ0) is 17.0. The molecule has 8 heteroatoms. The van der Waals surface area contributed by atoms with E-state index in [9.17, 15) is 22.8 Å². The Hall–Kier alpha value is -2.90. The van der Waals surface area contributed by atoms with Crippen molar-refractivity contribution in [1.82, 2.24) is 10.3 Å². The van der Waals surface area contributed by atoms with E-state index in [4.69, 9.17) is 5.11 Å². The van der Waals surface area contributed by atoms with E-state index < -0.39 is 29.2 Å². The summed E-state index contributed by atoms with van der Waals surface area (Å²) in [6, 6.07) is 6.99. The number of aromatic nitrogens is 1. The third kappa shape index (κ3) is 4.06. The van der Waals surface area contributed by atoms with Gasteiger partial charge in [-0.05, 0) is 30.3 Å². The number of nitrogens with one attached hydrogen (secondary N) is 1. The van der Waals surface area contributed by atoms with Crippen molar-refractivity contribution in [1.29, 1.82) is 0 Å². The minimum absolute atomic E-state index is 0.0275. The van der Waals surface area contributed by atoms with Crippen LogP contribution < -0.4 is 5.32 Å². The lowest BCUT2D eigenvalue weighted by molar-refractivity contribution is -0.137. The molecule has 5 nitrogen and oxygen atoms in total. The number of pyridine rings is 1. The molecule has 23 heavy (non-hydrogen) atoms. The molecule has 0 unspecified atom stereocenters. The van der Waals surface area contributed by atoms with Crippen LogP contribution in [0.5, 0.6) is 0 Å². The van der Waals surface area contributed by atoms with E-state index in [1.807, 2.05) is 0 Å². The predicted octanol–water partition coefficient (Wildman–Crippen LogP) is 2.73. The number of alkyl halides is 3. The summed E-state index contributed by atoms with van der Waals surface area (Å²) >= 11 is 0. The average Bonchev–Trinajstić information content (AvgIpc) is 2.52. The summed E-state index contributed by atoms with van der Waals surface area (Å²) in [6.07, 6.45) is -3.17. The third-order valence-electron chi connectivity index (χ3n) is 2.98. The molecule has 2 aromatic rings. The number of hydrogen-bond donors (Lipinski definition) is 2. The van der Waals surface area contributed by atoms with Crippen molar-refractivity contribution in [2.45, 2.75) is 12.7 Å². The van der Waals surface area contributed by atoms with Crippen molar-refractivity contribution in [3.8, 4) is 0 Å². The van der Waals surface area contributed by atoms with Crippen molar-refractivity contribution in [3.05, 3.63) is 65.0 Å². The summed E-state index contributed by atoms with van der Waals surface area (Å²) in [4.78, 5) is 27.1. The Morgan fingerprint density at radius 2 is 1.87 bits per heavy atom. The molecule has 0 saturated carbocycles. The fraction of sp³-hybridized carbons (Fsp3) is 0.133. The van der Waals surface area contributed by atoms with Crippen LogP contribution >= 0.6 is 0 Å². The molecule has 0 bridgehead atoms. The predicted molar refractivity (Wildman–Crippen MR) is 73.8 cm³/mol. The van der Waals surface area contributed by atoms with Gasteiger partial charge in [0.05, 0.1) is 28.9 Å². The highest BCUT2D eigenvalue weighted by Crippen LogP contribution is 2.30. The van der Waals surface area contributed by atoms with Gasteiger partial charge in [-0.15, -0.1) is 0 Å². The van der Waals surface area contributed by atoms with E-state index in [1.54, 1.807) is 18.2 Å². The molecule has 0 spiro atoms. The summed E-state index contributed by atoms with van der Waals surface area (Å²) in [5.41, 5.74) is -1.65. The SMILES string of the molecule is O=C(O)c1cc(C(F)(F)F)ccc1C(=O)NCc1ccccn1. The Labute approximate surface area is 128 Å². The fourth-order valence-electron chi connectivity index (χ4n) is 1.86. The van der Waals surface area contributed by atoms with Gasteiger partial charge >= 0.3 is 12.1 Å². The van der Waals surface area contributed by atoms with E-state index in [-0.39, 0.29) is 12.1 Å². The molecule has 0 aliphatic rings. The second kappa shape index (κ2) is 6.47. The highest BCUT2D eigenvalue weighted by atomic mass is 19.4. The van der Waals surface area contributed by atoms with E-state index >= 15 is 0 Å². The van der Waals surface area contributed by atoms with Gasteiger partial charge in [-0.2, -0.15) is 13.2 Å². The van der Waals surface area contributed by atoms with Gasteiger partial charge in [0.15, 0.2) is 0 Å². The summed E-state index contributed by atoms with van der Waals surface area (Å²) in [7, 11) is 0. The molecule has 0 saturated heterocycles. The summed E-state index contributed by atoms with van der Waals surface area (Å²) in [6.45, 7) is 0.0275. The Morgan fingerprint density at radius 3 is 2.43 bits per heavy atom. The molecule has 1 amide bonds. The maximum atomic E-state index is 12.6. The maximum absolute atomic E-state index is 12.6. The molecule has 1 aromatic heterocycles. The molecule has 0 radical (unpaired) electrons. The van der Waals surface area contributed by atoms with Crippen LogP contribution in [0.1, 0.15) is 32.0 Å². The zero-order valence-corrected chi connectivity index (χ0v) is 11.6. The monoisotopic (exact) mass is 324 g/mol. The van der Waals surface area contributed by atoms with E-state index in [0.717, 1.165) is 6.07 Å². The lowest BCUT2D eigenvalue weighted by Gasteiger charge is -2.11. The molecule has 120 valence electrons. The first-order valence-electron chi connectivity index (χ1n) is 6.41. The second-order valence-corrected chi connectivity index (χ2v) is 4.57. The van der Waals surface area contributed by atoms with E-state index in [0.29, 0.717) is 17.8 Å². The van der Waals surface area contributed by atoms with Crippen LogP contribution in [0.25, 0.3) is 0 Å². The van der Waals surface area contributed by atoms with Crippen molar-refractivity contribution >= 4 is 11.9 Å². The number of carbonyl (C=O) groups is 2. The number of halogens is 3. The van der Waals surface area contributed by atoms with Crippen molar-refractivity contribution in [3.63, 3.8) is 0 Å². The van der Waals surface area contributed by atoms with Crippen LogP contribution in [-0.2, 0) is 12.7 Å². The van der Waals surface area contributed by atoms with Gasteiger partial charge in [-0.1, -0.05) is 6.07 Å². The van der Waals surface area contributed by atoms with Gasteiger partial charge in [0.2, 0.25) is 0 Å². The number of carbonyl (C=O) groups excluding carboxylic acids is 1. The molecular formula is C15H11F3N2O3. The lowest BCUT2D eigenvalue weighted by Crippen LogP contribution is -2.25. The number of nitrogens with zero attached hydrogens (tertiary/aromatic N) is 1. The highest BCUT2D eigenvalue weighted by Gasteiger charge is 2.32. The third-order valence-corrected chi connectivity index (χ3v) is 2.98. The normalized spacial score (nSPS) is 11.1. The molecule has 2 N–H and O–H groups in total. The first kappa shape index (κ1) is 16.5. The van der Waals surface area contributed by atoms with E-state index in [2.05, 4.69) is 10.3 Å². The van der Waals surface area contributed by atoms with Crippen LogP contribution in [-0.4, -0.2) is 22.0 Å². The van der Waals surface area contributed by atoms with Crippen molar-refractivity contribution in [2.24, 2.45) is 0 Å². The van der Waals surface area contributed by atoms with Crippen LogP contribution in [0, 0.1) is 0 Å². The van der Waals surface area contributed by atoms with Crippen LogP contribution in [0.2, 0.25) is 0 Å². The standard InChI is InChI=1S/C15H11F3N2O3/c16-15(17,18)9-4-5-11(12(7-9)14(22)23)13(21)20-8-10-3-1-2-6-19-10/h1-7H,8H2,(H,20,21)(H,22,23). The number of carboxylic acids is 1. The number of hydrogen-bond acceptors (Lipinski definition) is 3. The highest BCUT2D eigenvalue weighted by molar-refractivity contribution is 6.04. The Balaban J connectivity index is 2.24. The Morgan fingerprint density at radius 1 is 1.13 bits per heavy atom. The summed E-state index contributed by atoms with van der Waals surface area (Å²) in [5, 5.41) is 11.5. The van der Waals surface area contributed by atoms with Crippen molar-refractivity contribution < 1.29 is 27.9 Å². The number of aromatic carboxylic acids is 1. The van der Waals surface area contributed by atoms with Crippen LogP contribution in [0.4, 0.5) is 13.2 Å². The van der Waals surface area contributed by atoms with Gasteiger partial charge in [0, 0.05) is 6.20 Å². The average molecular weight is 324 g/mol. The smallest absolute Gasteiger partial charge is 0.416 e. The van der Waals surface area contributed by atoms with E-state index in [1.165, 1.54) is 6.20 Å². The largest absolute Gasteiger partial charge is 0.478 e. The van der Waals surface area contributed by atoms with Crippen LogP contribution in [0.15, 0.2) is 42.6 Å². The summed E-state index contributed by atoms with van der Waals surface area (Å²) in [5.74, 6) is -2.40. The maximum Gasteiger partial charge on any atom is 0.416 e. The second-order valence-electron chi connectivity index (χ2n) is 4.57. The molecular weight excluding hydrogens is 313 g/mol. The Bertz CT molecular complexity index is 730. The number of carboxylic acid groups (broad SMARTS) is 1. The quantitative estimate of drug-likeness (QED) is 0.906. The van der Waals surface area contributed by atoms with Gasteiger partial charge in [-0.25, -0.2) is 4.79 Å². The topological polar surface area (TPSA) is 79.3 Å². The number of benzene rings is 1. The van der Waals surface area contributed by atoms with Gasteiger partial charge in [-0.3, -0.25) is 9.78 Å². The molecule has 0 atom stereocenters. The van der Waals surface area contributed by atoms with Crippen molar-refractivity contribution in [2.75, 3.05) is 0 Å². The van der Waals surface area contributed by atoms with Gasteiger partial charge < -0.3 is 10.4 Å². The number of amides is 1. The minimum atomic E-state index is -4.69. The summed E-state index contributed by atoms with van der Waals surface area (Å²) < 4.78 is 37.9. The van der Waals surface area contributed by atoms with Crippen LogP contribution in [0.3, 0.4) is 0 Å². The van der Waals surface area contributed by atoms with Gasteiger partial charge in [0.1, 0.15) is 0 Å². The molecule has 1 aromatic carbocycles. The molecule has 0 aliphatic carbocycles. The fourth-order valence-corrected chi connectivity index (χ4v) is 1.86. The minimum Gasteiger partial charge on any atom is -0.478 e. The first-order chi connectivity index (χ1) is 10.8. The molecule has 1 heterocycles. The first-order valence-corrected chi connectivity index (χ1v) is 6.41. The number of rotatable bonds is 4. The lowest BCUT2D eigenvalue weighted by atomic mass is 10.0. The van der Waals surface area contributed by atoms with Gasteiger partial charge in [0.25, 0.3) is 5.91 Å². The zero-order valence-electron chi connectivity index (χ0n) is 11.6. The molecule has 2 rings (SSSR count).